The van der Waals surface area contributed by atoms with E-state index in [0.717, 1.165) is 26.3 Å². The average molecular weight is 242 g/mol. The molecule has 0 aromatic carbocycles. The molecule has 17 heavy (non-hydrogen) atoms. The molecule has 1 unspecified atom stereocenters. The molecule has 1 saturated heterocycles. The fraction of sp³-hybridized carbons (Fsp3) is 1.00. The van der Waals surface area contributed by atoms with E-state index >= 15 is 0 Å². The van der Waals surface area contributed by atoms with Crippen LogP contribution in [0.2, 0.25) is 0 Å². The summed E-state index contributed by atoms with van der Waals surface area (Å²) < 4.78 is 5.72. The summed E-state index contributed by atoms with van der Waals surface area (Å²) in [7, 11) is 4.29. The van der Waals surface area contributed by atoms with Gasteiger partial charge < -0.3 is 15.0 Å². The van der Waals surface area contributed by atoms with Gasteiger partial charge in [0.1, 0.15) is 0 Å². The zero-order valence-corrected chi connectivity index (χ0v) is 12.3. The molecule has 0 aromatic rings. The lowest BCUT2D eigenvalue weighted by Crippen LogP contribution is -2.52. The molecule has 3 nitrogen and oxygen atoms in total. The van der Waals surface area contributed by atoms with Gasteiger partial charge in [0, 0.05) is 30.7 Å². The maximum Gasteiger partial charge on any atom is 0.0546 e. The first-order chi connectivity index (χ1) is 7.96. The maximum absolute atomic E-state index is 5.72. The second kappa shape index (κ2) is 6.17. The van der Waals surface area contributed by atoms with Crippen LogP contribution in [0, 0.1) is 5.41 Å². The molecule has 1 aliphatic rings. The Balaban J connectivity index is 2.65. The minimum Gasteiger partial charge on any atom is -0.381 e. The van der Waals surface area contributed by atoms with Gasteiger partial charge in [-0.3, -0.25) is 0 Å². The van der Waals surface area contributed by atoms with Gasteiger partial charge in [-0.1, -0.05) is 6.92 Å². The standard InChI is InChI=1S/C14H30N2O/c1-6-13(2,3)16(5)11-14(10-15-4)8-7-9-17-12-14/h15H,6-12H2,1-5H3. The summed E-state index contributed by atoms with van der Waals surface area (Å²) in [5.41, 5.74) is 0.576. The molecule has 3 heteroatoms. The van der Waals surface area contributed by atoms with E-state index in [9.17, 15) is 0 Å². The Labute approximate surface area is 107 Å². The largest absolute Gasteiger partial charge is 0.381 e. The summed E-state index contributed by atoms with van der Waals surface area (Å²) in [4.78, 5) is 2.50. The minimum atomic E-state index is 0.276. The van der Waals surface area contributed by atoms with Gasteiger partial charge in [-0.25, -0.2) is 0 Å². The van der Waals surface area contributed by atoms with Crippen LogP contribution in [0.4, 0.5) is 0 Å². The van der Waals surface area contributed by atoms with Crippen LogP contribution < -0.4 is 5.32 Å². The first kappa shape index (κ1) is 14.9. The summed E-state index contributed by atoms with van der Waals surface area (Å²) in [5.74, 6) is 0. The third kappa shape index (κ3) is 3.94. The fourth-order valence-corrected chi connectivity index (χ4v) is 2.59. The van der Waals surface area contributed by atoms with E-state index in [1.54, 1.807) is 0 Å². The molecule has 1 rings (SSSR count). The number of hydrogen-bond donors (Lipinski definition) is 1. The lowest BCUT2D eigenvalue weighted by molar-refractivity contribution is -0.0364. The van der Waals surface area contributed by atoms with Crippen LogP contribution in [0.3, 0.4) is 0 Å². The Morgan fingerprint density at radius 2 is 2.12 bits per heavy atom. The molecular weight excluding hydrogens is 212 g/mol. The first-order valence-electron chi connectivity index (χ1n) is 6.89. The van der Waals surface area contributed by atoms with Crippen molar-refractivity contribution in [2.45, 2.75) is 45.6 Å². The fourth-order valence-electron chi connectivity index (χ4n) is 2.59. The van der Waals surface area contributed by atoms with Crippen LogP contribution in [0.5, 0.6) is 0 Å². The molecule has 0 spiro atoms. The second-order valence-corrected chi connectivity index (χ2v) is 6.21. The van der Waals surface area contributed by atoms with Gasteiger partial charge in [0.2, 0.25) is 0 Å². The van der Waals surface area contributed by atoms with E-state index in [1.807, 2.05) is 7.05 Å². The van der Waals surface area contributed by atoms with Crippen molar-refractivity contribution in [1.29, 1.82) is 0 Å². The highest BCUT2D eigenvalue weighted by molar-refractivity contribution is 4.90. The molecule has 0 saturated carbocycles. The predicted molar refractivity (Wildman–Crippen MR) is 73.4 cm³/mol. The van der Waals surface area contributed by atoms with Crippen molar-refractivity contribution in [2.24, 2.45) is 5.41 Å². The molecule has 0 radical (unpaired) electrons. The summed E-state index contributed by atoms with van der Waals surface area (Å²) in [6.07, 6.45) is 3.65. The first-order valence-corrected chi connectivity index (χ1v) is 6.89. The minimum absolute atomic E-state index is 0.276. The highest BCUT2D eigenvalue weighted by atomic mass is 16.5. The van der Waals surface area contributed by atoms with Crippen LogP contribution >= 0.6 is 0 Å². The molecule has 0 aromatic heterocycles. The van der Waals surface area contributed by atoms with E-state index in [4.69, 9.17) is 4.74 Å². The normalized spacial score (nSPS) is 26.5. The van der Waals surface area contributed by atoms with Crippen molar-refractivity contribution in [3.8, 4) is 0 Å². The number of hydrogen-bond acceptors (Lipinski definition) is 3. The highest BCUT2D eigenvalue weighted by Gasteiger charge is 2.36. The van der Waals surface area contributed by atoms with E-state index in [1.165, 1.54) is 19.3 Å². The van der Waals surface area contributed by atoms with Crippen LogP contribution in [0.15, 0.2) is 0 Å². The molecule has 1 atom stereocenters. The van der Waals surface area contributed by atoms with Gasteiger partial charge in [-0.15, -0.1) is 0 Å². The van der Waals surface area contributed by atoms with Gasteiger partial charge in [0.25, 0.3) is 0 Å². The molecule has 1 heterocycles. The Kier molecular flexibility index (Phi) is 5.42. The Bertz CT molecular complexity index is 217. The van der Waals surface area contributed by atoms with Gasteiger partial charge in [0.15, 0.2) is 0 Å². The predicted octanol–water partition coefficient (Wildman–Crippen LogP) is 2.12. The van der Waals surface area contributed by atoms with E-state index < -0.39 is 0 Å². The van der Waals surface area contributed by atoms with E-state index in [0.29, 0.717) is 5.41 Å². The molecule has 1 aliphatic heterocycles. The van der Waals surface area contributed by atoms with Gasteiger partial charge in [-0.05, 0) is 47.2 Å². The van der Waals surface area contributed by atoms with Gasteiger partial charge in [0.05, 0.1) is 6.61 Å². The molecule has 102 valence electrons. The van der Waals surface area contributed by atoms with Crippen molar-refractivity contribution in [3.05, 3.63) is 0 Å². The van der Waals surface area contributed by atoms with Crippen molar-refractivity contribution >= 4 is 0 Å². The molecule has 0 bridgehead atoms. The molecule has 0 amide bonds. The van der Waals surface area contributed by atoms with Crippen molar-refractivity contribution in [3.63, 3.8) is 0 Å². The third-order valence-corrected chi connectivity index (χ3v) is 4.43. The van der Waals surface area contributed by atoms with Gasteiger partial charge >= 0.3 is 0 Å². The summed E-state index contributed by atoms with van der Waals surface area (Å²) >= 11 is 0. The molecular formula is C14H30N2O. The Morgan fingerprint density at radius 3 is 2.59 bits per heavy atom. The topological polar surface area (TPSA) is 24.5 Å². The summed E-state index contributed by atoms with van der Waals surface area (Å²) in [6, 6.07) is 0. The van der Waals surface area contributed by atoms with E-state index in [2.05, 4.69) is 38.0 Å². The van der Waals surface area contributed by atoms with Gasteiger partial charge in [-0.2, -0.15) is 0 Å². The van der Waals surface area contributed by atoms with Crippen molar-refractivity contribution in [2.75, 3.05) is 40.4 Å². The lowest BCUT2D eigenvalue weighted by Gasteiger charge is -2.44. The Morgan fingerprint density at radius 1 is 1.41 bits per heavy atom. The second-order valence-electron chi connectivity index (χ2n) is 6.21. The zero-order chi connectivity index (χ0) is 12.9. The maximum atomic E-state index is 5.72. The zero-order valence-electron chi connectivity index (χ0n) is 12.3. The summed E-state index contributed by atoms with van der Waals surface area (Å²) in [6.45, 7) is 10.9. The van der Waals surface area contributed by atoms with Crippen LogP contribution in [0.1, 0.15) is 40.0 Å². The summed E-state index contributed by atoms with van der Waals surface area (Å²) in [5, 5.41) is 3.35. The average Bonchev–Trinajstić information content (AvgIpc) is 2.30. The monoisotopic (exact) mass is 242 g/mol. The van der Waals surface area contributed by atoms with Crippen LogP contribution in [-0.4, -0.2) is 50.8 Å². The molecule has 0 aliphatic carbocycles. The van der Waals surface area contributed by atoms with Crippen LogP contribution in [0.25, 0.3) is 0 Å². The van der Waals surface area contributed by atoms with Crippen molar-refractivity contribution < 1.29 is 4.74 Å². The highest BCUT2D eigenvalue weighted by Crippen LogP contribution is 2.31. The number of nitrogens with one attached hydrogen (secondary N) is 1. The SMILES string of the molecule is CCC(C)(C)N(C)CC1(CNC)CCCOC1. The van der Waals surface area contributed by atoms with Crippen LogP contribution in [-0.2, 0) is 4.74 Å². The lowest BCUT2D eigenvalue weighted by atomic mass is 9.80. The van der Waals surface area contributed by atoms with Crippen molar-refractivity contribution in [1.82, 2.24) is 10.2 Å². The number of rotatable bonds is 6. The molecule has 1 fully saturated rings. The quantitative estimate of drug-likeness (QED) is 0.772. The third-order valence-electron chi connectivity index (χ3n) is 4.43. The smallest absolute Gasteiger partial charge is 0.0546 e. The number of ether oxygens (including phenoxy) is 1. The Hall–Kier alpha value is -0.120. The number of nitrogens with zero attached hydrogens (tertiary/aromatic N) is 1. The van der Waals surface area contributed by atoms with E-state index in [-0.39, 0.29) is 5.54 Å². The molecule has 1 N–H and O–H groups in total.